The van der Waals surface area contributed by atoms with E-state index in [1.165, 1.54) is 0 Å². The van der Waals surface area contributed by atoms with E-state index >= 15 is 0 Å². The summed E-state index contributed by atoms with van der Waals surface area (Å²) in [6, 6.07) is 3.58. The van der Waals surface area contributed by atoms with Crippen LogP contribution in [0, 0.1) is 0 Å². The molecule has 16 heavy (non-hydrogen) atoms. The first-order chi connectivity index (χ1) is 7.75. The molecule has 1 unspecified atom stereocenters. The first-order valence-electron chi connectivity index (χ1n) is 5.16. The standard InChI is InChI=1S/C11H11NO4/c13-11(14)7-5-12-8-4-10-9(3-6(7)8)15-1-2-16-10/h3-4,7,12H,1-2,5H2,(H,13,14). The fourth-order valence-electron chi connectivity index (χ4n) is 2.09. The van der Waals surface area contributed by atoms with Crippen molar-refractivity contribution in [3.8, 4) is 11.5 Å². The quantitative estimate of drug-likeness (QED) is 0.742. The van der Waals surface area contributed by atoms with E-state index in [2.05, 4.69) is 5.32 Å². The van der Waals surface area contributed by atoms with Crippen molar-refractivity contribution in [2.24, 2.45) is 0 Å². The van der Waals surface area contributed by atoms with Crippen LogP contribution >= 0.6 is 0 Å². The molecule has 1 aromatic rings. The Labute approximate surface area is 92.0 Å². The average molecular weight is 221 g/mol. The fourth-order valence-corrected chi connectivity index (χ4v) is 2.09. The minimum Gasteiger partial charge on any atom is -0.486 e. The minimum absolute atomic E-state index is 0.424. The molecule has 3 rings (SSSR count). The Hall–Kier alpha value is -1.91. The highest BCUT2D eigenvalue weighted by molar-refractivity contribution is 5.83. The van der Waals surface area contributed by atoms with Crippen LogP contribution in [-0.4, -0.2) is 30.8 Å². The summed E-state index contributed by atoms with van der Waals surface area (Å²) in [4.78, 5) is 11.0. The highest BCUT2D eigenvalue weighted by atomic mass is 16.6. The number of fused-ring (bicyclic) bond motifs is 2. The molecule has 5 heteroatoms. The van der Waals surface area contributed by atoms with Crippen LogP contribution in [0.5, 0.6) is 11.5 Å². The molecule has 1 atom stereocenters. The number of ether oxygens (including phenoxy) is 2. The average Bonchev–Trinajstić information content (AvgIpc) is 2.68. The van der Waals surface area contributed by atoms with E-state index in [-0.39, 0.29) is 0 Å². The summed E-state index contributed by atoms with van der Waals surface area (Å²) in [6.07, 6.45) is 0. The summed E-state index contributed by atoms with van der Waals surface area (Å²) in [7, 11) is 0. The van der Waals surface area contributed by atoms with Crippen LogP contribution in [0.4, 0.5) is 5.69 Å². The van der Waals surface area contributed by atoms with Gasteiger partial charge < -0.3 is 19.9 Å². The zero-order chi connectivity index (χ0) is 11.1. The molecule has 2 N–H and O–H groups in total. The Kier molecular flexibility index (Phi) is 1.92. The third-order valence-corrected chi connectivity index (χ3v) is 2.88. The van der Waals surface area contributed by atoms with Gasteiger partial charge in [0.1, 0.15) is 19.1 Å². The van der Waals surface area contributed by atoms with Gasteiger partial charge in [0.2, 0.25) is 0 Å². The predicted octanol–water partition coefficient (Wildman–Crippen LogP) is 1.05. The topological polar surface area (TPSA) is 67.8 Å². The largest absolute Gasteiger partial charge is 0.486 e. The number of rotatable bonds is 1. The summed E-state index contributed by atoms with van der Waals surface area (Å²) >= 11 is 0. The van der Waals surface area contributed by atoms with Crippen molar-refractivity contribution in [3.05, 3.63) is 17.7 Å². The van der Waals surface area contributed by atoms with Gasteiger partial charge in [-0.15, -0.1) is 0 Å². The van der Waals surface area contributed by atoms with Gasteiger partial charge in [0, 0.05) is 18.3 Å². The molecule has 2 aliphatic rings. The molecule has 2 heterocycles. The lowest BCUT2D eigenvalue weighted by Crippen LogP contribution is -2.16. The fraction of sp³-hybridized carbons (Fsp3) is 0.364. The molecule has 1 aromatic carbocycles. The van der Waals surface area contributed by atoms with Gasteiger partial charge in [-0.1, -0.05) is 0 Å². The van der Waals surface area contributed by atoms with Crippen LogP contribution in [0.1, 0.15) is 11.5 Å². The Morgan fingerprint density at radius 1 is 1.31 bits per heavy atom. The zero-order valence-electron chi connectivity index (χ0n) is 8.53. The zero-order valence-corrected chi connectivity index (χ0v) is 8.53. The number of nitrogens with one attached hydrogen (secondary N) is 1. The van der Waals surface area contributed by atoms with Gasteiger partial charge in [0.25, 0.3) is 0 Å². The summed E-state index contributed by atoms with van der Waals surface area (Å²) in [5, 5.41) is 12.1. The molecule has 0 radical (unpaired) electrons. The highest BCUT2D eigenvalue weighted by Gasteiger charge is 2.30. The number of carboxylic acid groups (broad SMARTS) is 1. The number of carbonyl (C=O) groups is 1. The van der Waals surface area contributed by atoms with Gasteiger partial charge in [0.05, 0.1) is 0 Å². The van der Waals surface area contributed by atoms with E-state index in [0.29, 0.717) is 31.3 Å². The third kappa shape index (κ3) is 1.28. The molecule has 84 valence electrons. The molecule has 0 saturated heterocycles. The van der Waals surface area contributed by atoms with Crippen LogP contribution in [0.25, 0.3) is 0 Å². The lowest BCUT2D eigenvalue weighted by atomic mass is 10.0. The second kappa shape index (κ2) is 3.30. The van der Waals surface area contributed by atoms with Crippen molar-refractivity contribution in [2.75, 3.05) is 25.1 Å². The number of carboxylic acids is 1. The van der Waals surface area contributed by atoms with Crippen LogP contribution in [0.3, 0.4) is 0 Å². The summed E-state index contributed by atoms with van der Waals surface area (Å²) in [5.74, 6) is 0.0113. The van der Waals surface area contributed by atoms with Crippen LogP contribution in [0.2, 0.25) is 0 Å². The van der Waals surface area contributed by atoms with Gasteiger partial charge >= 0.3 is 5.97 Å². The smallest absolute Gasteiger partial charge is 0.312 e. The molecule has 0 fully saturated rings. The molecule has 0 amide bonds. The van der Waals surface area contributed by atoms with E-state index in [9.17, 15) is 4.79 Å². The van der Waals surface area contributed by atoms with Crippen molar-refractivity contribution in [3.63, 3.8) is 0 Å². The van der Waals surface area contributed by atoms with E-state index in [1.54, 1.807) is 6.07 Å². The molecule has 0 aliphatic carbocycles. The van der Waals surface area contributed by atoms with Crippen LogP contribution in [-0.2, 0) is 4.79 Å². The van der Waals surface area contributed by atoms with E-state index in [1.807, 2.05) is 6.07 Å². The molecular weight excluding hydrogens is 210 g/mol. The van der Waals surface area contributed by atoms with Crippen LogP contribution in [0.15, 0.2) is 12.1 Å². The van der Waals surface area contributed by atoms with Crippen molar-refractivity contribution in [2.45, 2.75) is 5.92 Å². The summed E-state index contributed by atoms with van der Waals surface area (Å²) in [5.41, 5.74) is 1.61. The Balaban J connectivity index is 2.06. The monoisotopic (exact) mass is 221 g/mol. The minimum atomic E-state index is -0.817. The lowest BCUT2D eigenvalue weighted by molar-refractivity contribution is -0.138. The Bertz CT molecular complexity index is 458. The van der Waals surface area contributed by atoms with Gasteiger partial charge in [-0.2, -0.15) is 0 Å². The normalized spacial score (nSPS) is 21.1. The van der Waals surface area contributed by atoms with Crippen molar-refractivity contribution >= 4 is 11.7 Å². The van der Waals surface area contributed by atoms with Gasteiger partial charge in [-0.25, -0.2) is 0 Å². The maximum Gasteiger partial charge on any atom is 0.312 e. The first kappa shape index (κ1) is 9.33. The number of hydrogen-bond acceptors (Lipinski definition) is 4. The molecule has 0 spiro atoms. The van der Waals surface area contributed by atoms with Crippen LogP contribution < -0.4 is 14.8 Å². The number of anilines is 1. The molecule has 5 nitrogen and oxygen atoms in total. The number of benzene rings is 1. The Morgan fingerprint density at radius 2 is 2.00 bits per heavy atom. The van der Waals surface area contributed by atoms with Gasteiger partial charge in [-0.3, -0.25) is 4.79 Å². The van der Waals surface area contributed by atoms with Gasteiger partial charge in [0.15, 0.2) is 11.5 Å². The number of aliphatic carboxylic acids is 1. The lowest BCUT2D eigenvalue weighted by Gasteiger charge is -2.19. The molecule has 0 bridgehead atoms. The summed E-state index contributed by atoms with van der Waals surface area (Å²) < 4.78 is 10.9. The molecule has 2 aliphatic heterocycles. The SMILES string of the molecule is O=C(O)C1CNc2cc3c(cc21)OCCO3. The highest BCUT2D eigenvalue weighted by Crippen LogP contribution is 2.41. The summed E-state index contributed by atoms with van der Waals surface area (Å²) in [6.45, 7) is 1.47. The van der Waals surface area contributed by atoms with Gasteiger partial charge in [-0.05, 0) is 11.6 Å². The Morgan fingerprint density at radius 3 is 2.69 bits per heavy atom. The predicted molar refractivity (Wildman–Crippen MR) is 56.3 cm³/mol. The second-order valence-corrected chi connectivity index (χ2v) is 3.85. The molecular formula is C11H11NO4. The van der Waals surface area contributed by atoms with E-state index in [4.69, 9.17) is 14.6 Å². The van der Waals surface area contributed by atoms with Crippen molar-refractivity contribution in [1.29, 1.82) is 0 Å². The molecule has 0 aromatic heterocycles. The maximum absolute atomic E-state index is 11.0. The van der Waals surface area contributed by atoms with Crippen molar-refractivity contribution < 1.29 is 19.4 Å². The number of hydrogen-bond donors (Lipinski definition) is 2. The van der Waals surface area contributed by atoms with E-state index < -0.39 is 11.9 Å². The molecule has 0 saturated carbocycles. The first-order valence-corrected chi connectivity index (χ1v) is 5.16. The maximum atomic E-state index is 11.0. The second-order valence-electron chi connectivity index (χ2n) is 3.85. The third-order valence-electron chi connectivity index (χ3n) is 2.88. The van der Waals surface area contributed by atoms with E-state index in [0.717, 1.165) is 11.3 Å². The van der Waals surface area contributed by atoms with Crippen molar-refractivity contribution in [1.82, 2.24) is 0 Å².